The van der Waals surface area contributed by atoms with E-state index in [1.54, 1.807) is 0 Å². The Labute approximate surface area is 72.2 Å². The quantitative estimate of drug-likeness (QED) is 0.509. The molecule has 0 heterocycles. The second kappa shape index (κ2) is 7.02. The number of amides is 1. The minimum absolute atomic E-state index is 0.0595. The standard InChI is InChI=1S/C7H16N2O3/c1-3-11-4-6(2)9-12-5-7(8)10/h6,9H,3-5H2,1-2H3,(H2,8,10). The van der Waals surface area contributed by atoms with Crippen molar-refractivity contribution in [2.24, 2.45) is 5.73 Å². The molecule has 0 aromatic heterocycles. The largest absolute Gasteiger partial charge is 0.380 e. The molecule has 72 valence electrons. The Hall–Kier alpha value is -0.650. The van der Waals surface area contributed by atoms with E-state index in [1.807, 2.05) is 13.8 Å². The minimum Gasteiger partial charge on any atom is -0.380 e. The van der Waals surface area contributed by atoms with Gasteiger partial charge in [0.15, 0.2) is 0 Å². The Morgan fingerprint density at radius 3 is 2.83 bits per heavy atom. The van der Waals surface area contributed by atoms with Crippen LogP contribution in [0.2, 0.25) is 0 Å². The van der Waals surface area contributed by atoms with Crippen molar-refractivity contribution in [1.29, 1.82) is 0 Å². The van der Waals surface area contributed by atoms with Crippen molar-refractivity contribution in [3.05, 3.63) is 0 Å². The summed E-state index contributed by atoms with van der Waals surface area (Å²) in [7, 11) is 0. The van der Waals surface area contributed by atoms with Crippen LogP contribution in [0, 0.1) is 0 Å². The van der Waals surface area contributed by atoms with Crippen LogP contribution >= 0.6 is 0 Å². The molecule has 1 atom stereocenters. The second-order valence-electron chi connectivity index (χ2n) is 2.43. The van der Waals surface area contributed by atoms with E-state index in [-0.39, 0.29) is 12.6 Å². The monoisotopic (exact) mass is 176 g/mol. The van der Waals surface area contributed by atoms with E-state index in [2.05, 4.69) is 5.48 Å². The Morgan fingerprint density at radius 2 is 2.33 bits per heavy atom. The normalized spacial score (nSPS) is 12.8. The topological polar surface area (TPSA) is 73.6 Å². The van der Waals surface area contributed by atoms with Crippen molar-refractivity contribution in [2.75, 3.05) is 19.8 Å². The van der Waals surface area contributed by atoms with Gasteiger partial charge in [-0.3, -0.25) is 9.63 Å². The van der Waals surface area contributed by atoms with Crippen LogP contribution in [0.3, 0.4) is 0 Å². The van der Waals surface area contributed by atoms with Crippen molar-refractivity contribution in [3.63, 3.8) is 0 Å². The number of carbonyl (C=O) groups is 1. The third-order valence-electron chi connectivity index (χ3n) is 1.07. The van der Waals surface area contributed by atoms with Crippen LogP contribution in [0.4, 0.5) is 0 Å². The first-order valence-electron chi connectivity index (χ1n) is 3.90. The fraction of sp³-hybridized carbons (Fsp3) is 0.857. The van der Waals surface area contributed by atoms with Crippen LogP contribution in [0.15, 0.2) is 0 Å². The maximum absolute atomic E-state index is 10.2. The maximum Gasteiger partial charge on any atom is 0.245 e. The minimum atomic E-state index is -0.494. The first kappa shape index (κ1) is 11.4. The summed E-state index contributed by atoms with van der Waals surface area (Å²) in [5.41, 5.74) is 7.47. The van der Waals surface area contributed by atoms with Gasteiger partial charge in [-0.25, -0.2) is 0 Å². The van der Waals surface area contributed by atoms with E-state index in [0.29, 0.717) is 13.2 Å². The number of hydrogen-bond donors (Lipinski definition) is 2. The molecule has 3 N–H and O–H groups in total. The number of hydroxylamine groups is 1. The number of nitrogens with one attached hydrogen (secondary N) is 1. The van der Waals surface area contributed by atoms with Crippen molar-refractivity contribution in [1.82, 2.24) is 5.48 Å². The first-order valence-corrected chi connectivity index (χ1v) is 3.90. The molecule has 0 aromatic carbocycles. The van der Waals surface area contributed by atoms with Crippen molar-refractivity contribution in [2.45, 2.75) is 19.9 Å². The Balaban J connectivity index is 3.19. The molecule has 1 unspecified atom stereocenters. The Morgan fingerprint density at radius 1 is 1.67 bits per heavy atom. The predicted octanol–water partition coefficient (Wildman–Crippen LogP) is -0.582. The zero-order chi connectivity index (χ0) is 9.40. The van der Waals surface area contributed by atoms with Crippen molar-refractivity contribution < 1.29 is 14.4 Å². The average Bonchev–Trinajstić information content (AvgIpc) is 2.00. The van der Waals surface area contributed by atoms with Gasteiger partial charge in [0.25, 0.3) is 0 Å². The van der Waals surface area contributed by atoms with Crippen LogP contribution < -0.4 is 11.2 Å². The van der Waals surface area contributed by atoms with Crippen LogP contribution in [-0.2, 0) is 14.4 Å². The number of rotatable bonds is 7. The molecule has 0 aromatic rings. The fourth-order valence-electron chi connectivity index (χ4n) is 0.584. The van der Waals surface area contributed by atoms with Gasteiger partial charge in [0, 0.05) is 6.61 Å². The molecule has 0 aliphatic rings. The molecule has 0 aliphatic heterocycles. The summed E-state index contributed by atoms with van der Waals surface area (Å²) in [5.74, 6) is -0.494. The third kappa shape index (κ3) is 7.46. The van der Waals surface area contributed by atoms with Crippen molar-refractivity contribution in [3.8, 4) is 0 Å². The molecule has 0 aliphatic carbocycles. The summed E-state index contributed by atoms with van der Waals surface area (Å²) in [6, 6.07) is 0.0595. The molecule has 12 heavy (non-hydrogen) atoms. The number of hydrogen-bond acceptors (Lipinski definition) is 4. The van der Waals surface area contributed by atoms with E-state index >= 15 is 0 Å². The highest BCUT2D eigenvalue weighted by molar-refractivity contribution is 5.74. The lowest BCUT2D eigenvalue weighted by molar-refractivity contribution is -0.126. The van der Waals surface area contributed by atoms with Gasteiger partial charge in [-0.05, 0) is 13.8 Å². The molecule has 0 rings (SSSR count). The summed E-state index contributed by atoms with van der Waals surface area (Å²) in [4.78, 5) is 15.0. The van der Waals surface area contributed by atoms with Gasteiger partial charge in [-0.1, -0.05) is 0 Å². The van der Waals surface area contributed by atoms with Crippen LogP contribution in [0.25, 0.3) is 0 Å². The smallest absolute Gasteiger partial charge is 0.245 e. The molecule has 0 saturated carbocycles. The van der Waals surface area contributed by atoms with Crippen molar-refractivity contribution >= 4 is 5.91 Å². The van der Waals surface area contributed by atoms with E-state index in [9.17, 15) is 4.79 Å². The SMILES string of the molecule is CCOCC(C)NOCC(N)=O. The molecule has 0 radical (unpaired) electrons. The molecule has 0 fully saturated rings. The number of primary amides is 1. The molecule has 1 amide bonds. The van der Waals surface area contributed by atoms with Gasteiger partial charge in [-0.15, -0.1) is 0 Å². The zero-order valence-electron chi connectivity index (χ0n) is 7.50. The van der Waals surface area contributed by atoms with Crippen LogP contribution in [0.1, 0.15) is 13.8 Å². The lowest BCUT2D eigenvalue weighted by Gasteiger charge is -2.12. The van der Waals surface area contributed by atoms with Gasteiger partial charge in [0.1, 0.15) is 6.61 Å². The van der Waals surface area contributed by atoms with Crippen LogP contribution in [0.5, 0.6) is 0 Å². The third-order valence-corrected chi connectivity index (χ3v) is 1.07. The lowest BCUT2D eigenvalue weighted by Crippen LogP contribution is -2.33. The molecular weight excluding hydrogens is 160 g/mol. The lowest BCUT2D eigenvalue weighted by atomic mass is 10.4. The average molecular weight is 176 g/mol. The maximum atomic E-state index is 10.2. The zero-order valence-corrected chi connectivity index (χ0v) is 7.50. The number of carbonyl (C=O) groups excluding carboxylic acids is 1. The first-order chi connectivity index (χ1) is 5.66. The van der Waals surface area contributed by atoms with E-state index < -0.39 is 5.91 Å². The van der Waals surface area contributed by atoms with Crippen LogP contribution in [-0.4, -0.2) is 31.8 Å². The van der Waals surface area contributed by atoms with Gasteiger partial charge in [0.05, 0.1) is 12.6 Å². The van der Waals surface area contributed by atoms with Gasteiger partial charge in [0.2, 0.25) is 5.91 Å². The molecule has 0 saturated heterocycles. The molecule has 5 heteroatoms. The highest BCUT2D eigenvalue weighted by Crippen LogP contribution is 1.83. The summed E-state index contributed by atoms with van der Waals surface area (Å²) in [6.07, 6.45) is 0. The summed E-state index contributed by atoms with van der Waals surface area (Å²) in [5, 5.41) is 0. The Kier molecular flexibility index (Phi) is 6.64. The van der Waals surface area contributed by atoms with E-state index in [0.717, 1.165) is 0 Å². The number of ether oxygens (including phenoxy) is 1. The van der Waals surface area contributed by atoms with E-state index in [1.165, 1.54) is 0 Å². The van der Waals surface area contributed by atoms with Gasteiger partial charge in [-0.2, -0.15) is 5.48 Å². The van der Waals surface area contributed by atoms with Gasteiger partial charge < -0.3 is 10.5 Å². The number of nitrogens with two attached hydrogens (primary N) is 1. The summed E-state index contributed by atoms with van der Waals surface area (Å²) >= 11 is 0. The van der Waals surface area contributed by atoms with Gasteiger partial charge >= 0.3 is 0 Å². The highest BCUT2D eigenvalue weighted by atomic mass is 16.6. The molecule has 0 bridgehead atoms. The molecule has 5 nitrogen and oxygen atoms in total. The summed E-state index contributed by atoms with van der Waals surface area (Å²) in [6.45, 7) is 4.90. The fourth-order valence-corrected chi connectivity index (χ4v) is 0.584. The van der Waals surface area contributed by atoms with E-state index in [4.69, 9.17) is 15.3 Å². The molecular formula is C7H16N2O3. The summed E-state index contributed by atoms with van der Waals surface area (Å²) < 4.78 is 5.09. The molecule has 0 spiro atoms. The second-order valence-corrected chi connectivity index (χ2v) is 2.43. The highest BCUT2D eigenvalue weighted by Gasteiger charge is 2.01. The predicted molar refractivity (Wildman–Crippen MR) is 44.2 cm³/mol. The Bertz CT molecular complexity index is 130.